The Hall–Kier alpha value is -4.58. The molecule has 0 saturated heterocycles. The number of hydrogen-bond acceptors (Lipinski definition) is 7. The van der Waals surface area contributed by atoms with E-state index in [1.807, 2.05) is 39.8 Å². The van der Waals surface area contributed by atoms with Gasteiger partial charge < -0.3 is 0 Å². The fourth-order valence-corrected chi connectivity index (χ4v) is 12.5. The number of Topliss-reactive ketones (excluding diaryl/α,β-unsaturated/α-hetero) is 4. The molecule has 3 aromatic heterocycles. The summed E-state index contributed by atoms with van der Waals surface area (Å²) in [6.45, 7) is 8.07. The summed E-state index contributed by atoms with van der Waals surface area (Å²) in [6, 6.07) is 3.11. The molecule has 4 nitrogen and oxygen atoms in total. The first-order valence-electron chi connectivity index (χ1n) is 15.2. The number of fused-ring (bicyclic) bond motifs is 9. The van der Waals surface area contributed by atoms with Gasteiger partial charge in [-0.15, -0.1) is 34.0 Å². The van der Waals surface area contributed by atoms with Crippen LogP contribution in [-0.4, -0.2) is 23.1 Å². The Morgan fingerprint density at radius 3 is 1.10 bits per heavy atom. The summed E-state index contributed by atoms with van der Waals surface area (Å²) < 4.78 is 60.0. The predicted octanol–water partition coefficient (Wildman–Crippen LogP) is 10.1. The molecule has 0 atom stereocenters. The molecule has 0 N–H and O–H groups in total. The van der Waals surface area contributed by atoms with Gasteiger partial charge in [-0.05, 0) is 70.8 Å². The van der Waals surface area contributed by atoms with Crippen molar-refractivity contribution in [1.29, 1.82) is 0 Å². The molecule has 0 bridgehead atoms. The molecule has 0 amide bonds. The maximum atomic E-state index is 13.9. The van der Waals surface area contributed by atoms with Crippen molar-refractivity contribution in [2.45, 2.75) is 38.5 Å². The lowest BCUT2D eigenvalue weighted by atomic mass is 9.81. The lowest BCUT2D eigenvalue weighted by Gasteiger charge is -2.23. The van der Waals surface area contributed by atoms with Crippen LogP contribution >= 0.6 is 34.0 Å². The molecular formula is C38H20F4O4S3. The third kappa shape index (κ3) is 3.83. The molecule has 242 valence electrons. The number of rotatable bonds is 2. The van der Waals surface area contributed by atoms with Crippen molar-refractivity contribution >= 4 is 88.1 Å². The van der Waals surface area contributed by atoms with Gasteiger partial charge in [0.25, 0.3) is 0 Å². The topological polar surface area (TPSA) is 68.3 Å². The highest BCUT2D eigenvalue weighted by Gasteiger charge is 2.43. The minimum atomic E-state index is -1.18. The Labute approximate surface area is 287 Å². The van der Waals surface area contributed by atoms with E-state index >= 15 is 0 Å². The number of carbonyl (C=O) groups is 4. The largest absolute Gasteiger partial charge is 0.288 e. The smallest absolute Gasteiger partial charge is 0.197 e. The number of thiophene rings is 3. The third-order valence-corrected chi connectivity index (χ3v) is 14.1. The van der Waals surface area contributed by atoms with Gasteiger partial charge in [-0.2, -0.15) is 0 Å². The first kappa shape index (κ1) is 30.5. The Balaban J connectivity index is 1.10. The van der Waals surface area contributed by atoms with E-state index in [4.69, 9.17) is 0 Å². The second-order valence-electron chi connectivity index (χ2n) is 13.6. The Bertz CT molecular complexity index is 2400. The molecule has 0 aliphatic heterocycles. The van der Waals surface area contributed by atoms with Gasteiger partial charge in [-0.3, -0.25) is 19.2 Å². The summed E-state index contributed by atoms with van der Waals surface area (Å²) in [7, 11) is 0. The van der Waals surface area contributed by atoms with E-state index in [1.54, 1.807) is 46.2 Å². The van der Waals surface area contributed by atoms with Gasteiger partial charge in [-0.25, -0.2) is 17.6 Å². The van der Waals surface area contributed by atoms with E-state index in [1.165, 1.54) is 0 Å². The number of benzene rings is 2. The normalized spacial score (nSPS) is 18.4. The highest BCUT2D eigenvalue weighted by Crippen LogP contribution is 2.59. The van der Waals surface area contributed by atoms with Crippen molar-refractivity contribution in [1.82, 2.24) is 0 Å². The average molecular weight is 713 g/mol. The van der Waals surface area contributed by atoms with Crippen molar-refractivity contribution in [3.05, 3.63) is 125 Å². The lowest BCUT2D eigenvalue weighted by Crippen LogP contribution is -2.17. The Kier molecular flexibility index (Phi) is 5.94. The molecule has 11 heteroatoms. The van der Waals surface area contributed by atoms with E-state index < -0.39 is 57.2 Å². The monoisotopic (exact) mass is 712 g/mol. The second kappa shape index (κ2) is 9.56. The average Bonchev–Trinajstić information content (AvgIpc) is 3.84. The first-order chi connectivity index (χ1) is 23.1. The van der Waals surface area contributed by atoms with Crippen molar-refractivity contribution in [3.8, 4) is 0 Å². The van der Waals surface area contributed by atoms with E-state index in [9.17, 15) is 36.7 Å². The van der Waals surface area contributed by atoms with Crippen molar-refractivity contribution < 1.29 is 36.7 Å². The molecule has 5 aromatic rings. The molecule has 0 fully saturated rings. The van der Waals surface area contributed by atoms with Crippen LogP contribution in [0.3, 0.4) is 0 Å². The molecule has 0 spiro atoms. The zero-order chi connectivity index (χ0) is 34.6. The molecule has 0 radical (unpaired) electrons. The number of carbonyl (C=O) groups excluding carboxylic acids is 4. The van der Waals surface area contributed by atoms with Crippen LogP contribution in [0.5, 0.6) is 0 Å². The Morgan fingerprint density at radius 1 is 0.490 bits per heavy atom. The highest BCUT2D eigenvalue weighted by molar-refractivity contribution is 7.39. The molecular weight excluding hydrogens is 693 g/mol. The molecule has 0 saturated carbocycles. The number of allylic oxidation sites excluding steroid dienone is 6. The molecule has 2 aromatic carbocycles. The third-order valence-electron chi connectivity index (χ3n) is 10.1. The maximum Gasteiger partial charge on any atom is 0.197 e. The van der Waals surface area contributed by atoms with Crippen LogP contribution in [0.25, 0.3) is 31.0 Å². The fourth-order valence-electron chi connectivity index (χ4n) is 7.43. The van der Waals surface area contributed by atoms with Crippen molar-refractivity contribution in [2.24, 2.45) is 0 Å². The van der Waals surface area contributed by atoms with Crippen LogP contribution in [0.1, 0.15) is 90.0 Å². The van der Waals surface area contributed by atoms with Gasteiger partial charge in [-0.1, -0.05) is 27.7 Å². The standard InChI is InChI=1S/C38H20F4O4S3/c1-37(2)13(5-19-29(43)15-9-21(39)22(40)10-16(15)30(19)44)7-25-27(37)33-35(47-25)36-34(49-33)28-26(48-36)8-14(38(28,3)4)6-20-31(45)17-11-23(41)24(42)12-18(17)32(20)46/h5-12H,1-4H3. The van der Waals surface area contributed by atoms with Gasteiger partial charge in [0.1, 0.15) is 0 Å². The van der Waals surface area contributed by atoms with Crippen molar-refractivity contribution in [2.75, 3.05) is 0 Å². The van der Waals surface area contributed by atoms with Crippen LogP contribution in [0.4, 0.5) is 17.6 Å². The van der Waals surface area contributed by atoms with Crippen LogP contribution in [-0.2, 0) is 10.8 Å². The summed E-state index contributed by atoms with van der Waals surface area (Å²) >= 11 is 4.89. The quantitative estimate of drug-likeness (QED) is 0.104. The van der Waals surface area contributed by atoms with E-state index in [-0.39, 0.29) is 33.4 Å². The van der Waals surface area contributed by atoms with Crippen LogP contribution in [0, 0.1) is 23.3 Å². The number of ketones is 4. The molecule has 4 aliphatic rings. The van der Waals surface area contributed by atoms with Gasteiger partial charge in [0.15, 0.2) is 46.4 Å². The Morgan fingerprint density at radius 2 is 0.796 bits per heavy atom. The molecule has 4 aliphatic carbocycles. The molecule has 3 heterocycles. The van der Waals surface area contributed by atoms with Gasteiger partial charge in [0, 0.05) is 42.8 Å². The van der Waals surface area contributed by atoms with Crippen LogP contribution in [0.2, 0.25) is 0 Å². The predicted molar refractivity (Wildman–Crippen MR) is 183 cm³/mol. The van der Waals surface area contributed by atoms with Gasteiger partial charge >= 0.3 is 0 Å². The number of hydrogen-bond donors (Lipinski definition) is 0. The minimum absolute atomic E-state index is 0.122. The second-order valence-corrected chi connectivity index (χ2v) is 16.7. The zero-order valence-electron chi connectivity index (χ0n) is 26.0. The minimum Gasteiger partial charge on any atom is -0.288 e. The maximum absolute atomic E-state index is 13.9. The summed E-state index contributed by atoms with van der Waals surface area (Å²) in [5.41, 5.74) is 1.62. The van der Waals surface area contributed by atoms with Gasteiger partial charge in [0.2, 0.25) is 0 Å². The summed E-state index contributed by atoms with van der Waals surface area (Å²) in [6.07, 6.45) is 7.03. The van der Waals surface area contributed by atoms with E-state index in [0.29, 0.717) is 0 Å². The zero-order valence-corrected chi connectivity index (χ0v) is 28.4. The van der Waals surface area contributed by atoms with Gasteiger partial charge in [0.05, 0.1) is 29.9 Å². The molecule has 0 unspecified atom stereocenters. The molecule has 9 rings (SSSR count). The lowest BCUT2D eigenvalue weighted by molar-refractivity contribution is 0.0973. The van der Waals surface area contributed by atoms with Crippen LogP contribution < -0.4 is 0 Å². The number of halogens is 4. The SMILES string of the molecule is CC1(C)C(C=C2C(=O)c3cc(F)c(F)cc3C2=O)=Cc2sc3c(sc4c5c(sc43)C=C(C=C3C(=O)c4cc(F)c(F)cc4C3=O)C5(C)C)c21. The first-order valence-corrected chi connectivity index (χ1v) is 17.6. The fraction of sp³-hybridized carbons (Fsp3) is 0.158. The highest BCUT2D eigenvalue weighted by atomic mass is 32.1. The van der Waals surface area contributed by atoms with E-state index in [2.05, 4.69) is 0 Å². The van der Waals surface area contributed by atoms with Crippen molar-refractivity contribution in [3.63, 3.8) is 0 Å². The van der Waals surface area contributed by atoms with Crippen LogP contribution in [0.15, 0.2) is 58.7 Å². The summed E-state index contributed by atoms with van der Waals surface area (Å²) in [5.74, 6) is -7.26. The molecule has 49 heavy (non-hydrogen) atoms. The summed E-state index contributed by atoms with van der Waals surface area (Å²) in [5, 5.41) is 0. The summed E-state index contributed by atoms with van der Waals surface area (Å²) in [4.78, 5) is 54.5. The van der Waals surface area contributed by atoms with E-state index in [0.717, 1.165) is 75.1 Å².